The van der Waals surface area contributed by atoms with E-state index in [0.717, 1.165) is 66.9 Å². The number of pyridine rings is 1. The van der Waals surface area contributed by atoms with Gasteiger partial charge in [-0.2, -0.15) is 0 Å². The minimum Gasteiger partial charge on any atom is -0.490 e. The van der Waals surface area contributed by atoms with Gasteiger partial charge < -0.3 is 25.2 Å². The van der Waals surface area contributed by atoms with Gasteiger partial charge in [-0.05, 0) is 52.5 Å². The number of thiazole rings is 1. The summed E-state index contributed by atoms with van der Waals surface area (Å²) >= 11 is 1.59. The van der Waals surface area contributed by atoms with Crippen molar-refractivity contribution >= 4 is 34.0 Å². The summed E-state index contributed by atoms with van der Waals surface area (Å²) in [5.74, 6) is 7.46. The van der Waals surface area contributed by atoms with Gasteiger partial charge >= 0.3 is 0 Å². The summed E-state index contributed by atoms with van der Waals surface area (Å²) in [6.45, 7) is 7.16. The van der Waals surface area contributed by atoms with Gasteiger partial charge in [-0.3, -0.25) is 4.79 Å². The number of nitrogens with one attached hydrogen (secondary N) is 2. The van der Waals surface area contributed by atoms with Crippen LogP contribution in [0.5, 0.6) is 5.75 Å². The molecule has 0 bridgehead atoms. The van der Waals surface area contributed by atoms with Gasteiger partial charge in [0, 0.05) is 55.4 Å². The number of anilines is 3. The third-order valence-corrected chi connectivity index (χ3v) is 6.74. The SMILES string of the molecule is CC#CC(=O)N1CCCC(Nc2cc(OC3CCN(C)CC3)cc(Nc3ncc(C)s3)n2)C1. The Morgan fingerprint density at radius 2 is 2.00 bits per heavy atom. The average Bonchev–Trinajstić information content (AvgIpc) is 3.20. The van der Waals surface area contributed by atoms with Crippen molar-refractivity contribution in [2.75, 3.05) is 43.9 Å². The smallest absolute Gasteiger partial charge is 0.298 e. The molecule has 2 aromatic heterocycles. The van der Waals surface area contributed by atoms with E-state index in [1.165, 1.54) is 0 Å². The Hall–Kier alpha value is -2.83. The normalized spacial score (nSPS) is 19.5. The van der Waals surface area contributed by atoms with Crippen molar-refractivity contribution in [3.63, 3.8) is 0 Å². The van der Waals surface area contributed by atoms with Crippen molar-refractivity contribution in [3.05, 3.63) is 23.2 Å². The largest absolute Gasteiger partial charge is 0.490 e. The van der Waals surface area contributed by atoms with Crippen molar-refractivity contribution in [3.8, 4) is 17.6 Å². The molecule has 0 aromatic carbocycles. The van der Waals surface area contributed by atoms with Crippen LogP contribution in [-0.4, -0.2) is 71.0 Å². The van der Waals surface area contributed by atoms with E-state index in [-0.39, 0.29) is 18.1 Å². The lowest BCUT2D eigenvalue weighted by molar-refractivity contribution is -0.126. The number of aromatic nitrogens is 2. The maximum atomic E-state index is 12.2. The van der Waals surface area contributed by atoms with Crippen molar-refractivity contribution in [2.45, 2.75) is 51.7 Å². The first-order valence-corrected chi connectivity index (χ1v) is 12.3. The summed E-state index contributed by atoms with van der Waals surface area (Å²) in [5, 5.41) is 7.64. The summed E-state index contributed by atoms with van der Waals surface area (Å²) in [6.07, 6.45) is 5.96. The summed E-state index contributed by atoms with van der Waals surface area (Å²) < 4.78 is 6.36. The number of amides is 1. The third kappa shape index (κ3) is 6.59. The maximum absolute atomic E-state index is 12.2. The van der Waals surface area contributed by atoms with E-state index >= 15 is 0 Å². The molecule has 9 heteroatoms. The van der Waals surface area contributed by atoms with Crippen LogP contribution in [0.2, 0.25) is 0 Å². The van der Waals surface area contributed by atoms with Gasteiger partial charge in [0.2, 0.25) is 0 Å². The van der Waals surface area contributed by atoms with E-state index in [9.17, 15) is 4.79 Å². The molecule has 176 valence electrons. The molecule has 0 spiro atoms. The van der Waals surface area contributed by atoms with Crippen molar-refractivity contribution < 1.29 is 9.53 Å². The lowest BCUT2D eigenvalue weighted by Gasteiger charge is -2.32. The number of carbonyl (C=O) groups is 1. The first-order valence-electron chi connectivity index (χ1n) is 11.5. The number of aryl methyl sites for hydroxylation is 1. The molecule has 0 radical (unpaired) electrons. The molecule has 2 saturated heterocycles. The zero-order valence-corrected chi connectivity index (χ0v) is 20.4. The number of carbonyl (C=O) groups excluding carboxylic acids is 1. The van der Waals surface area contributed by atoms with E-state index in [4.69, 9.17) is 9.72 Å². The van der Waals surface area contributed by atoms with Crippen LogP contribution in [0.1, 0.15) is 37.5 Å². The second-order valence-corrected chi connectivity index (χ2v) is 9.94. The molecule has 2 N–H and O–H groups in total. The van der Waals surface area contributed by atoms with Crippen molar-refractivity contribution in [1.82, 2.24) is 19.8 Å². The van der Waals surface area contributed by atoms with E-state index < -0.39 is 0 Å². The highest BCUT2D eigenvalue weighted by Crippen LogP contribution is 2.28. The molecule has 8 nitrogen and oxygen atoms in total. The van der Waals surface area contributed by atoms with E-state index in [2.05, 4.69) is 39.4 Å². The number of hydrogen-bond acceptors (Lipinski definition) is 8. The molecular formula is C24H32N6O2S. The highest BCUT2D eigenvalue weighted by molar-refractivity contribution is 7.15. The van der Waals surface area contributed by atoms with E-state index in [1.54, 1.807) is 18.3 Å². The van der Waals surface area contributed by atoms with Crippen LogP contribution in [0.25, 0.3) is 0 Å². The monoisotopic (exact) mass is 468 g/mol. The van der Waals surface area contributed by atoms with Crippen LogP contribution in [0.4, 0.5) is 16.8 Å². The lowest BCUT2D eigenvalue weighted by atomic mass is 10.1. The minimum absolute atomic E-state index is 0.113. The van der Waals surface area contributed by atoms with Gasteiger partial charge in [0.25, 0.3) is 5.91 Å². The molecule has 2 aliphatic rings. The Morgan fingerprint density at radius 3 is 2.73 bits per heavy atom. The zero-order valence-electron chi connectivity index (χ0n) is 19.6. The molecule has 0 saturated carbocycles. The van der Waals surface area contributed by atoms with Crippen LogP contribution < -0.4 is 15.4 Å². The van der Waals surface area contributed by atoms with Gasteiger partial charge in [0.05, 0.1) is 0 Å². The standard InChI is InChI=1S/C24H32N6O2S/c1-4-6-23(31)30-10-5-7-18(16-30)26-21-13-20(32-19-8-11-29(3)12-9-19)14-22(27-21)28-24-25-15-17(2)33-24/h13-15,18-19H,5,7-12,16H2,1-3H3,(H2,25,26,27,28). The van der Waals surface area contributed by atoms with Gasteiger partial charge in [-0.25, -0.2) is 9.97 Å². The fraction of sp³-hybridized carbons (Fsp3) is 0.542. The van der Waals surface area contributed by atoms with E-state index in [1.807, 2.05) is 30.2 Å². The molecular weight excluding hydrogens is 436 g/mol. The molecule has 0 aliphatic carbocycles. The van der Waals surface area contributed by atoms with Crippen LogP contribution in [0.3, 0.4) is 0 Å². The molecule has 2 aromatic rings. The number of hydrogen-bond donors (Lipinski definition) is 2. The average molecular weight is 469 g/mol. The van der Waals surface area contributed by atoms with Crippen LogP contribution >= 0.6 is 11.3 Å². The highest BCUT2D eigenvalue weighted by Gasteiger charge is 2.24. The van der Waals surface area contributed by atoms with Crippen LogP contribution in [0.15, 0.2) is 18.3 Å². The summed E-state index contributed by atoms with van der Waals surface area (Å²) in [4.78, 5) is 26.7. The predicted octanol–water partition coefficient (Wildman–Crippen LogP) is 3.49. The molecule has 33 heavy (non-hydrogen) atoms. The molecule has 2 fully saturated rings. The Bertz CT molecular complexity index is 1020. The van der Waals surface area contributed by atoms with E-state index in [0.29, 0.717) is 12.4 Å². The maximum Gasteiger partial charge on any atom is 0.298 e. The van der Waals surface area contributed by atoms with Gasteiger partial charge in [-0.15, -0.1) is 11.3 Å². The fourth-order valence-corrected chi connectivity index (χ4v) is 4.87. The van der Waals surface area contributed by atoms with Gasteiger partial charge in [0.15, 0.2) is 5.13 Å². The van der Waals surface area contributed by atoms with Crippen molar-refractivity contribution in [1.29, 1.82) is 0 Å². The van der Waals surface area contributed by atoms with Crippen LogP contribution in [-0.2, 0) is 4.79 Å². The fourth-order valence-electron chi connectivity index (χ4n) is 4.20. The highest BCUT2D eigenvalue weighted by atomic mass is 32.1. The van der Waals surface area contributed by atoms with Crippen molar-refractivity contribution in [2.24, 2.45) is 0 Å². The molecule has 1 atom stereocenters. The quantitative estimate of drug-likeness (QED) is 0.628. The van der Waals surface area contributed by atoms with Gasteiger partial charge in [-0.1, -0.05) is 5.92 Å². The number of piperidine rings is 2. The number of nitrogens with zero attached hydrogens (tertiary/aromatic N) is 4. The number of ether oxygens (including phenoxy) is 1. The Morgan fingerprint density at radius 1 is 1.21 bits per heavy atom. The third-order valence-electron chi connectivity index (χ3n) is 5.92. The molecule has 1 unspecified atom stereocenters. The molecule has 4 rings (SSSR count). The first kappa shape index (κ1) is 23.3. The first-order chi connectivity index (χ1) is 16.0. The zero-order chi connectivity index (χ0) is 23.2. The molecule has 1 amide bonds. The van der Waals surface area contributed by atoms with Crippen LogP contribution in [0, 0.1) is 18.8 Å². The Balaban J connectivity index is 1.50. The summed E-state index contributed by atoms with van der Waals surface area (Å²) in [6, 6.07) is 4.01. The molecule has 4 heterocycles. The predicted molar refractivity (Wildman–Crippen MR) is 132 cm³/mol. The Kier molecular flexibility index (Phi) is 7.68. The minimum atomic E-state index is -0.113. The molecule has 2 aliphatic heterocycles. The second-order valence-electron chi connectivity index (χ2n) is 8.70. The second kappa shape index (κ2) is 10.9. The Labute approximate surface area is 199 Å². The summed E-state index contributed by atoms with van der Waals surface area (Å²) in [7, 11) is 2.15. The lowest BCUT2D eigenvalue weighted by Crippen LogP contribution is -2.44. The number of likely N-dealkylation sites (tertiary alicyclic amines) is 2. The van der Waals surface area contributed by atoms with Gasteiger partial charge in [0.1, 0.15) is 23.5 Å². The number of rotatable bonds is 6. The topological polar surface area (TPSA) is 82.6 Å². The summed E-state index contributed by atoms with van der Waals surface area (Å²) in [5.41, 5.74) is 0.